The molecular weight excluding hydrogens is 124 g/mol. The Morgan fingerprint density at radius 1 is 1.40 bits per heavy atom. The molecule has 0 fully saturated rings. The van der Waals surface area contributed by atoms with Crippen molar-refractivity contribution >= 4 is 5.78 Å². The number of rotatable bonds is 4. The van der Waals surface area contributed by atoms with Crippen molar-refractivity contribution in [3.63, 3.8) is 0 Å². The number of unbranched alkanes of at least 4 members (excludes halogenated alkanes) is 1. The standard InChI is InChI=1S/C9H16O/c1-4-6-7-9(5-2)8(3)10/h7H,4-6H2,1-3H3/b9-7-. The summed E-state index contributed by atoms with van der Waals surface area (Å²) in [6, 6.07) is 0. The van der Waals surface area contributed by atoms with Crippen LogP contribution in [0, 0.1) is 0 Å². The predicted octanol–water partition coefficient (Wildman–Crippen LogP) is 2.71. The number of allylic oxidation sites excluding steroid dienone is 2. The van der Waals surface area contributed by atoms with E-state index in [1.54, 1.807) is 6.92 Å². The molecule has 0 aromatic heterocycles. The Morgan fingerprint density at radius 3 is 2.30 bits per heavy atom. The Bertz CT molecular complexity index is 134. The number of hydrogen-bond donors (Lipinski definition) is 0. The molecule has 0 bridgehead atoms. The highest BCUT2D eigenvalue weighted by molar-refractivity contribution is 5.93. The monoisotopic (exact) mass is 140 g/mol. The molecule has 0 atom stereocenters. The van der Waals surface area contributed by atoms with E-state index in [1.807, 2.05) is 13.0 Å². The predicted molar refractivity (Wildman–Crippen MR) is 44.0 cm³/mol. The molecule has 0 aliphatic rings. The van der Waals surface area contributed by atoms with Crippen LogP contribution >= 0.6 is 0 Å². The fraction of sp³-hybridized carbons (Fsp3) is 0.667. The second-order valence-electron chi connectivity index (χ2n) is 2.43. The Kier molecular flexibility index (Phi) is 4.91. The molecule has 0 aromatic carbocycles. The summed E-state index contributed by atoms with van der Waals surface area (Å²) in [6.45, 7) is 5.76. The number of carbonyl (C=O) groups is 1. The summed E-state index contributed by atoms with van der Waals surface area (Å²) in [5.74, 6) is 0.218. The topological polar surface area (TPSA) is 17.1 Å². The van der Waals surface area contributed by atoms with Gasteiger partial charge in [-0.05, 0) is 25.3 Å². The molecule has 0 saturated carbocycles. The summed E-state index contributed by atoms with van der Waals surface area (Å²) in [7, 11) is 0. The van der Waals surface area contributed by atoms with Crippen LogP contribution in [0.5, 0.6) is 0 Å². The SMILES string of the molecule is CCC/C=C(/CC)C(C)=O. The van der Waals surface area contributed by atoms with Gasteiger partial charge >= 0.3 is 0 Å². The van der Waals surface area contributed by atoms with Crippen molar-refractivity contribution in [1.82, 2.24) is 0 Å². The molecule has 1 heteroatoms. The van der Waals surface area contributed by atoms with Crippen molar-refractivity contribution in [3.8, 4) is 0 Å². The van der Waals surface area contributed by atoms with Crippen molar-refractivity contribution in [2.45, 2.75) is 40.0 Å². The zero-order valence-electron chi connectivity index (χ0n) is 7.11. The van der Waals surface area contributed by atoms with Gasteiger partial charge in [-0.3, -0.25) is 4.79 Å². The minimum absolute atomic E-state index is 0.218. The normalized spacial score (nSPS) is 11.7. The van der Waals surface area contributed by atoms with Gasteiger partial charge < -0.3 is 0 Å². The van der Waals surface area contributed by atoms with Crippen LogP contribution in [0.4, 0.5) is 0 Å². The molecule has 0 radical (unpaired) electrons. The molecule has 0 aromatic rings. The lowest BCUT2D eigenvalue weighted by Crippen LogP contribution is -1.94. The van der Waals surface area contributed by atoms with Crippen molar-refractivity contribution in [2.24, 2.45) is 0 Å². The third-order valence-electron chi connectivity index (χ3n) is 1.51. The van der Waals surface area contributed by atoms with Gasteiger partial charge in [-0.25, -0.2) is 0 Å². The van der Waals surface area contributed by atoms with E-state index in [0.717, 1.165) is 24.8 Å². The van der Waals surface area contributed by atoms with Crippen LogP contribution in [-0.2, 0) is 4.79 Å². The zero-order chi connectivity index (χ0) is 7.98. The average molecular weight is 140 g/mol. The highest BCUT2D eigenvalue weighted by Crippen LogP contribution is 2.04. The van der Waals surface area contributed by atoms with Gasteiger partial charge in [0.25, 0.3) is 0 Å². The Labute approximate surface area is 63.1 Å². The van der Waals surface area contributed by atoms with E-state index in [-0.39, 0.29) is 5.78 Å². The van der Waals surface area contributed by atoms with Crippen LogP contribution in [0.3, 0.4) is 0 Å². The van der Waals surface area contributed by atoms with Gasteiger partial charge in [0.2, 0.25) is 0 Å². The first-order valence-electron chi connectivity index (χ1n) is 3.92. The lowest BCUT2D eigenvalue weighted by molar-refractivity contribution is -0.113. The first kappa shape index (κ1) is 9.41. The van der Waals surface area contributed by atoms with Crippen molar-refractivity contribution in [2.75, 3.05) is 0 Å². The molecule has 0 amide bonds. The van der Waals surface area contributed by atoms with Crippen LogP contribution in [0.2, 0.25) is 0 Å². The number of ketones is 1. The van der Waals surface area contributed by atoms with Crippen molar-refractivity contribution in [1.29, 1.82) is 0 Å². The van der Waals surface area contributed by atoms with Gasteiger partial charge in [0.15, 0.2) is 5.78 Å². The number of carbonyl (C=O) groups excluding carboxylic acids is 1. The minimum Gasteiger partial charge on any atom is -0.295 e. The maximum Gasteiger partial charge on any atom is 0.155 e. The summed E-state index contributed by atoms with van der Waals surface area (Å²) >= 11 is 0. The van der Waals surface area contributed by atoms with Gasteiger partial charge in [-0.15, -0.1) is 0 Å². The Balaban J connectivity index is 3.91. The average Bonchev–Trinajstić information content (AvgIpc) is 1.89. The molecule has 0 saturated heterocycles. The van der Waals surface area contributed by atoms with Crippen LogP contribution < -0.4 is 0 Å². The molecule has 1 nitrogen and oxygen atoms in total. The van der Waals surface area contributed by atoms with E-state index < -0.39 is 0 Å². The van der Waals surface area contributed by atoms with Crippen LogP contribution in [-0.4, -0.2) is 5.78 Å². The third-order valence-corrected chi connectivity index (χ3v) is 1.51. The molecule has 0 rings (SSSR count). The molecule has 0 unspecified atom stereocenters. The lowest BCUT2D eigenvalue weighted by atomic mass is 10.1. The highest BCUT2D eigenvalue weighted by atomic mass is 16.1. The molecule has 0 spiro atoms. The van der Waals surface area contributed by atoms with Gasteiger partial charge in [0.05, 0.1) is 0 Å². The summed E-state index contributed by atoms with van der Waals surface area (Å²) in [6.07, 6.45) is 5.07. The van der Waals surface area contributed by atoms with Gasteiger partial charge in [0.1, 0.15) is 0 Å². The molecule has 10 heavy (non-hydrogen) atoms. The first-order valence-corrected chi connectivity index (χ1v) is 3.92. The molecule has 0 heterocycles. The van der Waals surface area contributed by atoms with E-state index in [2.05, 4.69) is 6.92 Å². The molecule has 58 valence electrons. The number of hydrogen-bond acceptors (Lipinski definition) is 1. The Morgan fingerprint density at radius 2 is 2.00 bits per heavy atom. The van der Waals surface area contributed by atoms with Crippen LogP contribution in [0.25, 0.3) is 0 Å². The van der Waals surface area contributed by atoms with Crippen molar-refractivity contribution in [3.05, 3.63) is 11.6 Å². The van der Waals surface area contributed by atoms with Gasteiger partial charge in [-0.2, -0.15) is 0 Å². The fourth-order valence-corrected chi connectivity index (χ4v) is 0.856. The smallest absolute Gasteiger partial charge is 0.155 e. The quantitative estimate of drug-likeness (QED) is 0.549. The second kappa shape index (κ2) is 5.21. The van der Waals surface area contributed by atoms with E-state index in [4.69, 9.17) is 0 Å². The highest BCUT2D eigenvalue weighted by Gasteiger charge is 1.97. The van der Waals surface area contributed by atoms with E-state index in [9.17, 15) is 4.79 Å². The van der Waals surface area contributed by atoms with Gasteiger partial charge in [-0.1, -0.05) is 26.3 Å². The summed E-state index contributed by atoms with van der Waals surface area (Å²) in [4.78, 5) is 10.8. The van der Waals surface area contributed by atoms with Crippen molar-refractivity contribution < 1.29 is 4.79 Å². The number of Topliss-reactive ketones (excluding diaryl/α,β-unsaturated/α-hetero) is 1. The van der Waals surface area contributed by atoms with Crippen LogP contribution in [0.1, 0.15) is 40.0 Å². The van der Waals surface area contributed by atoms with E-state index in [1.165, 1.54) is 0 Å². The third kappa shape index (κ3) is 3.44. The van der Waals surface area contributed by atoms with E-state index in [0.29, 0.717) is 0 Å². The zero-order valence-corrected chi connectivity index (χ0v) is 7.11. The molecule has 0 aliphatic carbocycles. The summed E-state index contributed by atoms with van der Waals surface area (Å²) in [5, 5.41) is 0. The lowest BCUT2D eigenvalue weighted by Gasteiger charge is -1.96. The fourth-order valence-electron chi connectivity index (χ4n) is 0.856. The van der Waals surface area contributed by atoms with E-state index >= 15 is 0 Å². The molecular formula is C9H16O. The molecule has 0 N–H and O–H groups in total. The Hall–Kier alpha value is -0.590. The van der Waals surface area contributed by atoms with Crippen LogP contribution in [0.15, 0.2) is 11.6 Å². The second-order valence-corrected chi connectivity index (χ2v) is 2.43. The first-order chi connectivity index (χ1) is 4.72. The maximum absolute atomic E-state index is 10.8. The molecule has 0 aliphatic heterocycles. The van der Waals surface area contributed by atoms with Gasteiger partial charge in [0, 0.05) is 0 Å². The summed E-state index contributed by atoms with van der Waals surface area (Å²) in [5.41, 5.74) is 0.974. The maximum atomic E-state index is 10.8. The summed E-state index contributed by atoms with van der Waals surface area (Å²) < 4.78 is 0. The minimum atomic E-state index is 0.218. The largest absolute Gasteiger partial charge is 0.295 e.